The van der Waals surface area contributed by atoms with E-state index in [2.05, 4.69) is 10.9 Å². The fraction of sp³-hybridized carbons (Fsp3) is 1.00. The Morgan fingerprint density at radius 2 is 2.33 bits per heavy atom. The molecule has 1 heterocycles. The lowest BCUT2D eigenvalue weighted by Gasteiger charge is -2.09. The minimum absolute atomic E-state index is 0.282. The molecular formula is C3H10BN3O2. The van der Waals surface area contributed by atoms with Crippen LogP contribution in [0.4, 0.5) is 0 Å². The zero-order valence-corrected chi connectivity index (χ0v) is 5.20. The molecule has 0 amide bonds. The van der Waals surface area contributed by atoms with Crippen LogP contribution in [0.1, 0.15) is 0 Å². The van der Waals surface area contributed by atoms with Crippen molar-refractivity contribution in [2.24, 2.45) is 0 Å². The predicted molar refractivity (Wildman–Crippen MR) is 32.9 cm³/mol. The lowest BCUT2D eigenvalue weighted by Crippen LogP contribution is -2.44. The summed E-state index contributed by atoms with van der Waals surface area (Å²) in [6, 6.07) is 0. The fourth-order valence-corrected chi connectivity index (χ4v) is 0.747. The lowest BCUT2D eigenvalue weighted by atomic mass is 9.80. The number of nitrogens with zero attached hydrogens (tertiary/aromatic N) is 1. The zero-order valence-electron chi connectivity index (χ0n) is 5.20. The molecule has 0 aromatic heterocycles. The van der Waals surface area contributed by atoms with E-state index in [0.717, 1.165) is 0 Å². The van der Waals surface area contributed by atoms with Gasteiger partial charge in [-0.05, 0) is 0 Å². The first-order valence-electron chi connectivity index (χ1n) is 2.79. The average Bonchev–Trinajstić information content (AvgIpc) is 2.14. The van der Waals surface area contributed by atoms with Gasteiger partial charge in [0.2, 0.25) is 0 Å². The molecule has 0 aromatic rings. The highest BCUT2D eigenvalue weighted by Crippen LogP contribution is 1.91. The van der Waals surface area contributed by atoms with Crippen LogP contribution >= 0.6 is 0 Å². The van der Waals surface area contributed by atoms with Crippen LogP contribution in [0.3, 0.4) is 0 Å². The maximum atomic E-state index is 8.60. The van der Waals surface area contributed by atoms with Gasteiger partial charge in [-0.25, -0.2) is 10.9 Å². The van der Waals surface area contributed by atoms with E-state index in [9.17, 15) is 0 Å². The molecule has 0 spiro atoms. The molecule has 9 heavy (non-hydrogen) atoms. The number of hydrogen-bond donors (Lipinski definition) is 4. The first kappa shape index (κ1) is 6.98. The molecule has 52 valence electrons. The molecule has 0 bridgehead atoms. The number of nitrogens with one attached hydrogen (secondary N) is 2. The van der Waals surface area contributed by atoms with Crippen LogP contribution in [0.15, 0.2) is 0 Å². The molecule has 0 aliphatic carbocycles. The largest absolute Gasteiger partial charge is 0.472 e. The van der Waals surface area contributed by atoms with E-state index < -0.39 is 7.12 Å². The van der Waals surface area contributed by atoms with Gasteiger partial charge in [0, 0.05) is 13.6 Å². The highest BCUT2D eigenvalue weighted by molar-refractivity contribution is 6.43. The third-order valence-corrected chi connectivity index (χ3v) is 1.27. The molecule has 1 fully saturated rings. The standard InChI is InChI=1S/C3H10BN3O2/c1-7-5-2-3(6-7)4(8)9/h3,5-6,8-9H,2H2,1H3. The summed E-state index contributed by atoms with van der Waals surface area (Å²) in [6.45, 7) is 0.550. The van der Waals surface area contributed by atoms with Crippen LogP contribution in [0, 0.1) is 0 Å². The van der Waals surface area contributed by atoms with Gasteiger partial charge in [-0.3, -0.25) is 0 Å². The minimum Gasteiger partial charge on any atom is -0.426 e. The highest BCUT2D eigenvalue weighted by atomic mass is 16.4. The van der Waals surface area contributed by atoms with Gasteiger partial charge in [0.1, 0.15) is 0 Å². The second-order valence-corrected chi connectivity index (χ2v) is 2.07. The van der Waals surface area contributed by atoms with Gasteiger partial charge in [-0.15, -0.1) is 0 Å². The molecule has 4 N–H and O–H groups in total. The molecule has 1 atom stereocenters. The van der Waals surface area contributed by atoms with E-state index in [0.29, 0.717) is 6.54 Å². The normalized spacial score (nSPS) is 29.0. The maximum Gasteiger partial charge on any atom is 0.472 e. The van der Waals surface area contributed by atoms with Crippen molar-refractivity contribution in [2.45, 2.75) is 5.94 Å². The summed E-state index contributed by atoms with van der Waals surface area (Å²) in [7, 11) is 0.477. The van der Waals surface area contributed by atoms with Crippen molar-refractivity contribution < 1.29 is 10.0 Å². The molecule has 1 rings (SSSR count). The minimum atomic E-state index is -1.29. The smallest absolute Gasteiger partial charge is 0.426 e. The van der Waals surface area contributed by atoms with E-state index in [-0.39, 0.29) is 5.94 Å². The van der Waals surface area contributed by atoms with Crippen LogP contribution in [-0.4, -0.2) is 41.8 Å². The van der Waals surface area contributed by atoms with E-state index in [4.69, 9.17) is 10.0 Å². The Morgan fingerprint density at radius 1 is 1.67 bits per heavy atom. The molecule has 1 aliphatic rings. The van der Waals surface area contributed by atoms with E-state index in [1.165, 1.54) is 0 Å². The molecule has 0 aromatic carbocycles. The molecule has 6 heteroatoms. The Hall–Kier alpha value is -0.135. The van der Waals surface area contributed by atoms with Gasteiger partial charge in [0.25, 0.3) is 0 Å². The quantitative estimate of drug-likeness (QED) is 0.292. The zero-order chi connectivity index (χ0) is 6.85. The topological polar surface area (TPSA) is 67.8 Å². The Morgan fingerprint density at radius 3 is 2.56 bits per heavy atom. The Balaban J connectivity index is 2.30. The number of hydrogen-bond acceptors (Lipinski definition) is 5. The first-order valence-corrected chi connectivity index (χ1v) is 2.79. The van der Waals surface area contributed by atoms with Crippen LogP contribution in [0.2, 0.25) is 0 Å². The summed E-state index contributed by atoms with van der Waals surface area (Å²) in [5.41, 5.74) is 5.63. The molecule has 1 unspecified atom stereocenters. The van der Waals surface area contributed by atoms with Crippen molar-refractivity contribution in [1.29, 1.82) is 0 Å². The van der Waals surface area contributed by atoms with Crippen molar-refractivity contribution in [3.8, 4) is 0 Å². The van der Waals surface area contributed by atoms with E-state index in [1.54, 1.807) is 12.2 Å². The summed E-state index contributed by atoms with van der Waals surface area (Å²) in [5.74, 6) is -0.282. The Labute approximate surface area is 53.7 Å². The molecule has 1 aliphatic heterocycles. The van der Waals surface area contributed by atoms with Gasteiger partial charge < -0.3 is 10.0 Å². The van der Waals surface area contributed by atoms with Crippen molar-refractivity contribution in [2.75, 3.05) is 13.6 Å². The van der Waals surface area contributed by atoms with Gasteiger partial charge >= 0.3 is 7.12 Å². The number of hydrazine groups is 2. The third-order valence-electron chi connectivity index (χ3n) is 1.27. The lowest BCUT2D eigenvalue weighted by molar-refractivity contribution is 0.224. The average molecular weight is 131 g/mol. The monoisotopic (exact) mass is 131 g/mol. The van der Waals surface area contributed by atoms with Gasteiger partial charge in [0.05, 0.1) is 5.94 Å². The summed E-state index contributed by atoms with van der Waals surface area (Å²) in [5, 5.41) is 18.8. The second-order valence-electron chi connectivity index (χ2n) is 2.07. The summed E-state index contributed by atoms with van der Waals surface area (Å²) in [4.78, 5) is 0. The SMILES string of the molecule is CN1NCC(B(O)O)N1. The summed E-state index contributed by atoms with van der Waals surface area (Å²) >= 11 is 0. The van der Waals surface area contributed by atoms with Crippen molar-refractivity contribution in [3.05, 3.63) is 0 Å². The molecular weight excluding hydrogens is 121 g/mol. The second kappa shape index (κ2) is 2.63. The van der Waals surface area contributed by atoms with Gasteiger partial charge in [0.15, 0.2) is 0 Å². The molecule has 1 saturated heterocycles. The first-order chi connectivity index (χ1) is 4.20. The molecule has 5 nitrogen and oxygen atoms in total. The summed E-state index contributed by atoms with van der Waals surface area (Å²) in [6.07, 6.45) is 0. The van der Waals surface area contributed by atoms with Crippen LogP contribution < -0.4 is 10.9 Å². The highest BCUT2D eigenvalue weighted by Gasteiger charge is 2.28. The molecule has 0 saturated carbocycles. The Bertz CT molecular complexity index is 101. The number of rotatable bonds is 1. The van der Waals surface area contributed by atoms with E-state index in [1.807, 2.05) is 0 Å². The third kappa shape index (κ3) is 1.63. The van der Waals surface area contributed by atoms with Crippen LogP contribution in [-0.2, 0) is 0 Å². The Kier molecular flexibility index (Phi) is 2.04. The van der Waals surface area contributed by atoms with Crippen LogP contribution in [0.5, 0.6) is 0 Å². The van der Waals surface area contributed by atoms with Crippen LogP contribution in [0.25, 0.3) is 0 Å². The summed E-state index contributed by atoms with van der Waals surface area (Å²) < 4.78 is 0. The van der Waals surface area contributed by atoms with Crippen molar-refractivity contribution >= 4 is 7.12 Å². The van der Waals surface area contributed by atoms with Crippen molar-refractivity contribution in [3.63, 3.8) is 0 Å². The fourth-order valence-electron chi connectivity index (χ4n) is 0.747. The molecule has 0 radical (unpaired) electrons. The van der Waals surface area contributed by atoms with E-state index >= 15 is 0 Å². The maximum absolute atomic E-state index is 8.60. The van der Waals surface area contributed by atoms with Gasteiger partial charge in [-0.1, -0.05) is 0 Å². The van der Waals surface area contributed by atoms with Gasteiger partial charge in [-0.2, -0.15) is 5.12 Å². The predicted octanol–water partition coefficient (Wildman–Crippen LogP) is -2.68. The van der Waals surface area contributed by atoms with Crippen molar-refractivity contribution in [1.82, 2.24) is 16.0 Å².